The Labute approximate surface area is 123 Å². The third-order valence-electron chi connectivity index (χ3n) is 3.93. The summed E-state index contributed by atoms with van der Waals surface area (Å²) in [5.74, 6) is 1.84. The monoisotopic (exact) mass is 289 g/mol. The standard InChI is InChI=1S/C16H19NO4/c1-17(9-12-6-13(18)7-12)16(19)5-3-11-2-4-14-15(8-11)21-10-20-14/h2-5,8,12-13,18H,6-7,9-10H2,1H3. The van der Waals surface area contributed by atoms with E-state index >= 15 is 0 Å². The Kier molecular flexibility index (Phi) is 3.84. The molecule has 1 aliphatic heterocycles. The van der Waals surface area contributed by atoms with E-state index in [-0.39, 0.29) is 18.8 Å². The van der Waals surface area contributed by atoms with E-state index in [9.17, 15) is 9.90 Å². The number of aliphatic hydroxyl groups excluding tert-OH is 1. The second-order valence-electron chi connectivity index (χ2n) is 5.66. The topological polar surface area (TPSA) is 59.0 Å². The van der Waals surface area contributed by atoms with Gasteiger partial charge in [-0.15, -0.1) is 0 Å². The minimum absolute atomic E-state index is 0.0333. The van der Waals surface area contributed by atoms with Gasteiger partial charge in [-0.25, -0.2) is 0 Å². The maximum atomic E-state index is 12.0. The van der Waals surface area contributed by atoms with Crippen LogP contribution in [0, 0.1) is 5.92 Å². The van der Waals surface area contributed by atoms with Crippen molar-refractivity contribution in [3.05, 3.63) is 29.8 Å². The van der Waals surface area contributed by atoms with E-state index in [1.807, 2.05) is 18.2 Å². The van der Waals surface area contributed by atoms with Gasteiger partial charge >= 0.3 is 0 Å². The number of carbonyl (C=O) groups excluding carboxylic acids is 1. The van der Waals surface area contributed by atoms with Gasteiger partial charge in [0.05, 0.1) is 6.10 Å². The summed E-state index contributed by atoms with van der Waals surface area (Å²) in [4.78, 5) is 13.7. The molecule has 5 nitrogen and oxygen atoms in total. The summed E-state index contributed by atoms with van der Waals surface area (Å²) in [6.07, 6.45) is 4.75. The van der Waals surface area contributed by atoms with Crippen LogP contribution in [0.15, 0.2) is 24.3 Å². The second kappa shape index (κ2) is 5.77. The fourth-order valence-electron chi connectivity index (χ4n) is 2.64. The van der Waals surface area contributed by atoms with Gasteiger partial charge in [0, 0.05) is 19.7 Å². The largest absolute Gasteiger partial charge is 0.454 e. The lowest BCUT2D eigenvalue weighted by molar-refractivity contribution is -0.126. The van der Waals surface area contributed by atoms with Crippen LogP contribution in [0.4, 0.5) is 0 Å². The van der Waals surface area contributed by atoms with Crippen LogP contribution in [0.2, 0.25) is 0 Å². The predicted molar refractivity (Wildman–Crippen MR) is 78.0 cm³/mol. The molecule has 21 heavy (non-hydrogen) atoms. The molecule has 3 rings (SSSR count). The van der Waals surface area contributed by atoms with Crippen molar-refractivity contribution in [2.24, 2.45) is 5.92 Å². The summed E-state index contributed by atoms with van der Waals surface area (Å²) in [6, 6.07) is 5.58. The first kappa shape index (κ1) is 13.9. The van der Waals surface area contributed by atoms with Gasteiger partial charge in [0.15, 0.2) is 11.5 Å². The zero-order valence-corrected chi connectivity index (χ0v) is 12.0. The fourth-order valence-corrected chi connectivity index (χ4v) is 2.64. The molecule has 112 valence electrons. The number of carbonyl (C=O) groups is 1. The van der Waals surface area contributed by atoms with Crippen LogP contribution in [-0.4, -0.2) is 42.4 Å². The summed E-state index contributed by atoms with van der Waals surface area (Å²) in [5, 5.41) is 9.26. The fraction of sp³-hybridized carbons (Fsp3) is 0.438. The lowest BCUT2D eigenvalue weighted by atomic mass is 9.82. The molecule has 1 amide bonds. The Morgan fingerprint density at radius 3 is 2.90 bits per heavy atom. The first-order valence-corrected chi connectivity index (χ1v) is 7.12. The molecule has 1 N–H and O–H groups in total. The molecular weight excluding hydrogens is 270 g/mol. The van der Waals surface area contributed by atoms with E-state index in [0.717, 1.165) is 24.2 Å². The summed E-state index contributed by atoms with van der Waals surface area (Å²) in [6.45, 7) is 0.943. The van der Waals surface area contributed by atoms with E-state index < -0.39 is 0 Å². The van der Waals surface area contributed by atoms with Gasteiger partial charge < -0.3 is 19.5 Å². The number of likely N-dealkylation sites (N-methyl/N-ethyl adjacent to an activating group) is 1. The van der Waals surface area contributed by atoms with Crippen molar-refractivity contribution in [2.75, 3.05) is 20.4 Å². The molecule has 1 saturated carbocycles. The maximum absolute atomic E-state index is 12.0. The van der Waals surface area contributed by atoms with Gasteiger partial charge in [-0.05, 0) is 42.5 Å². The molecule has 0 bridgehead atoms. The number of ether oxygens (including phenoxy) is 2. The van der Waals surface area contributed by atoms with Crippen LogP contribution >= 0.6 is 0 Å². The van der Waals surface area contributed by atoms with E-state index in [1.165, 1.54) is 0 Å². The molecule has 5 heteroatoms. The Hall–Kier alpha value is -2.01. The maximum Gasteiger partial charge on any atom is 0.246 e. The molecule has 1 fully saturated rings. The molecule has 0 aromatic heterocycles. The van der Waals surface area contributed by atoms with Gasteiger partial charge in [-0.3, -0.25) is 4.79 Å². The number of fused-ring (bicyclic) bond motifs is 1. The smallest absolute Gasteiger partial charge is 0.246 e. The highest BCUT2D eigenvalue weighted by atomic mass is 16.7. The van der Waals surface area contributed by atoms with Gasteiger partial charge in [-0.2, -0.15) is 0 Å². The highest BCUT2D eigenvalue weighted by Crippen LogP contribution is 2.32. The SMILES string of the molecule is CN(CC1CC(O)C1)C(=O)C=Cc1ccc2c(c1)OCO2. The lowest BCUT2D eigenvalue weighted by Gasteiger charge is -2.34. The van der Waals surface area contributed by atoms with Crippen molar-refractivity contribution in [2.45, 2.75) is 18.9 Å². The number of aliphatic hydroxyl groups is 1. The minimum Gasteiger partial charge on any atom is -0.454 e. The average Bonchev–Trinajstić information content (AvgIpc) is 2.90. The number of hydrogen-bond acceptors (Lipinski definition) is 4. The van der Waals surface area contributed by atoms with Crippen molar-refractivity contribution in [1.82, 2.24) is 4.90 Å². The van der Waals surface area contributed by atoms with E-state index in [0.29, 0.717) is 18.2 Å². The second-order valence-corrected chi connectivity index (χ2v) is 5.66. The highest BCUT2D eigenvalue weighted by molar-refractivity contribution is 5.91. The summed E-state index contributed by atoms with van der Waals surface area (Å²) < 4.78 is 10.5. The summed E-state index contributed by atoms with van der Waals surface area (Å²) in [7, 11) is 1.79. The van der Waals surface area contributed by atoms with E-state index in [1.54, 1.807) is 24.1 Å². The van der Waals surface area contributed by atoms with Crippen molar-refractivity contribution in [3.63, 3.8) is 0 Å². The molecule has 0 atom stereocenters. The number of hydrogen-bond donors (Lipinski definition) is 1. The Morgan fingerprint density at radius 2 is 2.14 bits per heavy atom. The third-order valence-corrected chi connectivity index (χ3v) is 3.93. The van der Waals surface area contributed by atoms with Crippen LogP contribution in [0.3, 0.4) is 0 Å². The minimum atomic E-state index is -0.178. The van der Waals surface area contributed by atoms with E-state index in [2.05, 4.69) is 0 Å². The van der Waals surface area contributed by atoms with Gasteiger partial charge in [0.1, 0.15) is 0 Å². The molecule has 1 heterocycles. The molecule has 0 saturated heterocycles. The molecule has 0 spiro atoms. The third kappa shape index (κ3) is 3.19. The zero-order valence-electron chi connectivity index (χ0n) is 12.0. The van der Waals surface area contributed by atoms with Gasteiger partial charge in [0.25, 0.3) is 0 Å². The quantitative estimate of drug-likeness (QED) is 0.856. The summed E-state index contributed by atoms with van der Waals surface area (Å²) in [5.41, 5.74) is 0.903. The first-order valence-electron chi connectivity index (χ1n) is 7.12. The summed E-state index contributed by atoms with van der Waals surface area (Å²) >= 11 is 0. The van der Waals surface area contributed by atoms with Gasteiger partial charge in [-0.1, -0.05) is 6.07 Å². The molecule has 1 aromatic rings. The Bertz CT molecular complexity index is 563. The molecule has 1 aliphatic carbocycles. The van der Waals surface area contributed by atoms with Crippen LogP contribution in [0.5, 0.6) is 11.5 Å². The van der Waals surface area contributed by atoms with Crippen molar-refractivity contribution >= 4 is 12.0 Å². The molecule has 0 radical (unpaired) electrons. The zero-order chi connectivity index (χ0) is 14.8. The number of benzene rings is 1. The van der Waals surface area contributed by atoms with Crippen LogP contribution < -0.4 is 9.47 Å². The number of rotatable bonds is 4. The normalized spacial score (nSPS) is 23.1. The van der Waals surface area contributed by atoms with E-state index in [4.69, 9.17) is 9.47 Å². The average molecular weight is 289 g/mol. The first-order chi connectivity index (χ1) is 10.1. The van der Waals surface area contributed by atoms with Crippen LogP contribution in [0.1, 0.15) is 18.4 Å². The van der Waals surface area contributed by atoms with Crippen molar-refractivity contribution < 1.29 is 19.4 Å². The molecule has 0 unspecified atom stereocenters. The highest BCUT2D eigenvalue weighted by Gasteiger charge is 2.28. The molecule has 2 aliphatic rings. The van der Waals surface area contributed by atoms with Crippen molar-refractivity contribution in [3.8, 4) is 11.5 Å². The van der Waals surface area contributed by atoms with Gasteiger partial charge in [0.2, 0.25) is 12.7 Å². The molecular formula is C16H19NO4. The number of nitrogens with zero attached hydrogens (tertiary/aromatic N) is 1. The van der Waals surface area contributed by atoms with Crippen LogP contribution in [0.25, 0.3) is 6.08 Å². The predicted octanol–water partition coefficient (Wildman–Crippen LogP) is 1.66. The molecule has 1 aromatic carbocycles. The lowest BCUT2D eigenvalue weighted by Crippen LogP contribution is -2.38. The van der Waals surface area contributed by atoms with Crippen molar-refractivity contribution in [1.29, 1.82) is 0 Å². The van der Waals surface area contributed by atoms with Crippen LogP contribution in [-0.2, 0) is 4.79 Å². The number of amides is 1. The Balaban J connectivity index is 1.56. The Morgan fingerprint density at radius 1 is 1.38 bits per heavy atom.